The van der Waals surface area contributed by atoms with E-state index in [4.69, 9.17) is 16.3 Å². The van der Waals surface area contributed by atoms with Gasteiger partial charge < -0.3 is 10.1 Å². The molecule has 0 aliphatic heterocycles. The summed E-state index contributed by atoms with van der Waals surface area (Å²) in [7, 11) is 0. The molecule has 0 saturated carbocycles. The quantitative estimate of drug-likeness (QED) is 0.697. The molecule has 1 aromatic rings. The normalized spacial score (nSPS) is 12.6. The molecule has 4 heteroatoms. The zero-order valence-corrected chi connectivity index (χ0v) is 12.5. The maximum Gasteiger partial charge on any atom is 0.127 e. The molecule has 0 fully saturated rings. The van der Waals surface area contributed by atoms with Crippen molar-refractivity contribution in [2.24, 2.45) is 0 Å². The first kappa shape index (κ1) is 16.4. The first-order valence-corrected chi connectivity index (χ1v) is 7.30. The van der Waals surface area contributed by atoms with Gasteiger partial charge in [-0.05, 0) is 50.4 Å². The molecule has 0 heterocycles. The van der Waals surface area contributed by atoms with E-state index in [0.717, 1.165) is 32.6 Å². The number of hydrogen-bond acceptors (Lipinski definition) is 2. The molecule has 1 unspecified atom stereocenters. The summed E-state index contributed by atoms with van der Waals surface area (Å²) in [5, 5.41) is 3.84. The molecule has 0 aromatic heterocycles. The standard InChI is InChI=1S/C15H23ClFNO/c1-3-18-14(6-5-9-19-4-2)10-12-7-8-13(16)11-15(12)17/h7-8,11,14,18H,3-6,9-10H2,1-2H3. The predicted octanol–water partition coefficient (Wildman–Crippen LogP) is 3.82. The fourth-order valence-corrected chi connectivity index (χ4v) is 2.25. The van der Waals surface area contributed by atoms with E-state index in [0.29, 0.717) is 17.0 Å². The van der Waals surface area contributed by atoms with E-state index < -0.39 is 0 Å². The lowest BCUT2D eigenvalue weighted by molar-refractivity contribution is 0.140. The van der Waals surface area contributed by atoms with Crippen molar-refractivity contribution >= 4 is 11.6 Å². The van der Waals surface area contributed by atoms with Crippen LogP contribution in [0.15, 0.2) is 18.2 Å². The molecular weight excluding hydrogens is 265 g/mol. The Labute approximate surface area is 120 Å². The molecular formula is C15H23ClFNO. The molecule has 0 radical (unpaired) electrons. The highest BCUT2D eigenvalue weighted by Crippen LogP contribution is 2.17. The largest absolute Gasteiger partial charge is 0.382 e. The average Bonchev–Trinajstić information content (AvgIpc) is 2.38. The monoisotopic (exact) mass is 287 g/mol. The van der Waals surface area contributed by atoms with Crippen molar-refractivity contribution in [2.45, 2.75) is 39.2 Å². The Morgan fingerprint density at radius 2 is 2.16 bits per heavy atom. The lowest BCUT2D eigenvalue weighted by atomic mass is 10.0. The molecule has 0 aliphatic carbocycles. The maximum absolute atomic E-state index is 13.8. The van der Waals surface area contributed by atoms with Crippen molar-refractivity contribution in [3.8, 4) is 0 Å². The van der Waals surface area contributed by atoms with Crippen molar-refractivity contribution in [3.63, 3.8) is 0 Å². The Bertz CT molecular complexity index is 373. The highest BCUT2D eigenvalue weighted by atomic mass is 35.5. The fraction of sp³-hybridized carbons (Fsp3) is 0.600. The summed E-state index contributed by atoms with van der Waals surface area (Å²) < 4.78 is 19.1. The van der Waals surface area contributed by atoms with Gasteiger partial charge in [-0.2, -0.15) is 0 Å². The number of halogens is 2. The number of hydrogen-bond donors (Lipinski definition) is 1. The van der Waals surface area contributed by atoms with Crippen molar-refractivity contribution in [3.05, 3.63) is 34.6 Å². The summed E-state index contributed by atoms with van der Waals surface area (Å²) in [5.74, 6) is -0.222. The van der Waals surface area contributed by atoms with Crippen LogP contribution in [-0.4, -0.2) is 25.8 Å². The van der Waals surface area contributed by atoms with Crippen molar-refractivity contribution in [2.75, 3.05) is 19.8 Å². The van der Waals surface area contributed by atoms with E-state index in [1.807, 2.05) is 6.92 Å². The Balaban J connectivity index is 2.51. The third-order valence-electron chi connectivity index (χ3n) is 3.02. The number of rotatable bonds is 9. The second-order valence-electron chi connectivity index (χ2n) is 4.53. The Kier molecular flexibility index (Phi) is 8.03. The second-order valence-corrected chi connectivity index (χ2v) is 4.97. The van der Waals surface area contributed by atoms with E-state index in [1.165, 1.54) is 6.07 Å². The van der Waals surface area contributed by atoms with Crippen LogP contribution >= 0.6 is 11.6 Å². The SMILES string of the molecule is CCNC(CCCOCC)Cc1ccc(Cl)cc1F. The average molecular weight is 288 g/mol. The summed E-state index contributed by atoms with van der Waals surface area (Å²) >= 11 is 5.76. The molecule has 0 saturated heterocycles. The summed E-state index contributed by atoms with van der Waals surface area (Å²) in [4.78, 5) is 0. The molecule has 1 atom stereocenters. The van der Waals surface area contributed by atoms with E-state index in [-0.39, 0.29) is 11.9 Å². The lowest BCUT2D eigenvalue weighted by Gasteiger charge is -2.18. The van der Waals surface area contributed by atoms with Gasteiger partial charge in [0.1, 0.15) is 5.82 Å². The van der Waals surface area contributed by atoms with Crippen LogP contribution in [0.1, 0.15) is 32.3 Å². The smallest absolute Gasteiger partial charge is 0.127 e. The molecule has 0 amide bonds. The number of ether oxygens (including phenoxy) is 1. The minimum atomic E-state index is -0.222. The molecule has 0 aliphatic rings. The first-order valence-electron chi connectivity index (χ1n) is 6.92. The van der Waals surface area contributed by atoms with Crippen molar-refractivity contribution in [1.82, 2.24) is 5.32 Å². The minimum absolute atomic E-state index is 0.222. The van der Waals surface area contributed by atoms with Gasteiger partial charge >= 0.3 is 0 Å². The molecule has 1 rings (SSSR count). The fourth-order valence-electron chi connectivity index (χ4n) is 2.09. The van der Waals surface area contributed by atoms with Gasteiger partial charge in [0.05, 0.1) is 0 Å². The van der Waals surface area contributed by atoms with E-state index in [9.17, 15) is 4.39 Å². The topological polar surface area (TPSA) is 21.3 Å². The zero-order chi connectivity index (χ0) is 14.1. The van der Waals surface area contributed by atoms with Gasteiger partial charge in [0.2, 0.25) is 0 Å². The number of nitrogens with one attached hydrogen (secondary N) is 1. The number of likely N-dealkylation sites (N-methyl/N-ethyl adjacent to an activating group) is 1. The predicted molar refractivity (Wildman–Crippen MR) is 78.3 cm³/mol. The van der Waals surface area contributed by atoms with Crippen LogP contribution in [0.2, 0.25) is 5.02 Å². The van der Waals surface area contributed by atoms with E-state index in [2.05, 4.69) is 12.2 Å². The maximum atomic E-state index is 13.8. The molecule has 19 heavy (non-hydrogen) atoms. The van der Waals surface area contributed by atoms with Gasteiger partial charge in [-0.3, -0.25) is 0 Å². The number of benzene rings is 1. The van der Waals surface area contributed by atoms with Crippen LogP contribution in [0.5, 0.6) is 0 Å². The van der Waals surface area contributed by atoms with Gasteiger partial charge in [-0.25, -0.2) is 4.39 Å². The van der Waals surface area contributed by atoms with Crippen LogP contribution in [0.4, 0.5) is 4.39 Å². The Morgan fingerprint density at radius 1 is 1.37 bits per heavy atom. The summed E-state index contributed by atoms with van der Waals surface area (Å²) in [6.07, 6.45) is 2.65. The molecule has 0 spiro atoms. The highest BCUT2D eigenvalue weighted by molar-refractivity contribution is 6.30. The first-order chi connectivity index (χ1) is 9.17. The summed E-state index contributed by atoms with van der Waals surface area (Å²) in [5.41, 5.74) is 0.715. The zero-order valence-electron chi connectivity index (χ0n) is 11.7. The molecule has 0 bridgehead atoms. The van der Waals surface area contributed by atoms with Crippen molar-refractivity contribution < 1.29 is 9.13 Å². The third-order valence-corrected chi connectivity index (χ3v) is 3.25. The Morgan fingerprint density at radius 3 is 2.79 bits per heavy atom. The molecule has 2 nitrogen and oxygen atoms in total. The van der Waals surface area contributed by atoms with Crippen LogP contribution < -0.4 is 5.32 Å². The van der Waals surface area contributed by atoms with Gasteiger partial charge in [0, 0.05) is 24.3 Å². The van der Waals surface area contributed by atoms with E-state index >= 15 is 0 Å². The molecule has 1 N–H and O–H groups in total. The van der Waals surface area contributed by atoms with Gasteiger partial charge in [-0.15, -0.1) is 0 Å². The van der Waals surface area contributed by atoms with Gasteiger partial charge in [0.25, 0.3) is 0 Å². The summed E-state index contributed by atoms with van der Waals surface area (Å²) in [6, 6.07) is 5.16. The Hall–Kier alpha value is -0.640. The minimum Gasteiger partial charge on any atom is -0.382 e. The van der Waals surface area contributed by atoms with Crippen LogP contribution in [0.3, 0.4) is 0 Å². The molecule has 108 valence electrons. The van der Waals surface area contributed by atoms with Crippen LogP contribution in [0, 0.1) is 5.82 Å². The highest BCUT2D eigenvalue weighted by Gasteiger charge is 2.11. The van der Waals surface area contributed by atoms with Gasteiger partial charge in [0.15, 0.2) is 0 Å². The third kappa shape index (κ3) is 6.37. The van der Waals surface area contributed by atoms with Crippen LogP contribution in [-0.2, 0) is 11.2 Å². The van der Waals surface area contributed by atoms with Gasteiger partial charge in [-0.1, -0.05) is 24.6 Å². The molecule has 1 aromatic carbocycles. The van der Waals surface area contributed by atoms with E-state index in [1.54, 1.807) is 12.1 Å². The second kappa shape index (κ2) is 9.29. The van der Waals surface area contributed by atoms with Crippen molar-refractivity contribution in [1.29, 1.82) is 0 Å². The lowest BCUT2D eigenvalue weighted by Crippen LogP contribution is -2.31. The summed E-state index contributed by atoms with van der Waals surface area (Å²) in [6.45, 7) is 6.45. The van der Waals surface area contributed by atoms with Crippen LogP contribution in [0.25, 0.3) is 0 Å².